The van der Waals surface area contributed by atoms with Crippen molar-refractivity contribution in [1.82, 2.24) is 30.2 Å². The SMILES string of the molecule is CCC(=O)NCc1cc2n(n1)CCN(C(=O)CNC(=O)N(C)C)C2. The Hall–Kier alpha value is -2.58. The molecule has 0 atom stereocenters. The molecular formula is C15H24N6O3. The third kappa shape index (κ3) is 4.46. The van der Waals surface area contributed by atoms with E-state index in [2.05, 4.69) is 15.7 Å². The van der Waals surface area contributed by atoms with Crippen LogP contribution in [0, 0.1) is 0 Å². The second-order valence-corrected chi connectivity index (χ2v) is 5.85. The van der Waals surface area contributed by atoms with Gasteiger partial charge in [-0.05, 0) is 6.07 Å². The number of hydrogen-bond donors (Lipinski definition) is 2. The van der Waals surface area contributed by atoms with Crippen molar-refractivity contribution in [3.63, 3.8) is 0 Å². The Kier molecular flexibility index (Phi) is 5.78. The summed E-state index contributed by atoms with van der Waals surface area (Å²) in [5.41, 5.74) is 1.70. The minimum absolute atomic E-state index is 0.0191. The number of nitrogens with one attached hydrogen (secondary N) is 2. The maximum Gasteiger partial charge on any atom is 0.317 e. The van der Waals surface area contributed by atoms with Crippen molar-refractivity contribution in [1.29, 1.82) is 0 Å². The number of fused-ring (bicyclic) bond motifs is 1. The minimum atomic E-state index is -0.292. The van der Waals surface area contributed by atoms with Gasteiger partial charge in [-0.3, -0.25) is 14.3 Å². The Morgan fingerprint density at radius 2 is 2.00 bits per heavy atom. The lowest BCUT2D eigenvalue weighted by Gasteiger charge is -2.28. The van der Waals surface area contributed by atoms with Crippen LogP contribution in [0.15, 0.2) is 6.07 Å². The van der Waals surface area contributed by atoms with Crippen molar-refractivity contribution < 1.29 is 14.4 Å². The lowest BCUT2D eigenvalue weighted by atomic mass is 10.2. The number of nitrogens with zero attached hydrogens (tertiary/aromatic N) is 4. The molecule has 0 radical (unpaired) electrons. The van der Waals surface area contributed by atoms with E-state index >= 15 is 0 Å². The van der Waals surface area contributed by atoms with Crippen LogP contribution in [0.1, 0.15) is 24.7 Å². The van der Waals surface area contributed by atoms with Crippen LogP contribution in [0.25, 0.3) is 0 Å². The van der Waals surface area contributed by atoms with Crippen LogP contribution >= 0.6 is 0 Å². The van der Waals surface area contributed by atoms with Crippen LogP contribution < -0.4 is 10.6 Å². The number of carbonyl (C=O) groups is 3. The van der Waals surface area contributed by atoms with Gasteiger partial charge in [-0.25, -0.2) is 4.79 Å². The first-order valence-corrected chi connectivity index (χ1v) is 7.96. The van der Waals surface area contributed by atoms with Gasteiger partial charge >= 0.3 is 6.03 Å². The highest BCUT2D eigenvalue weighted by Gasteiger charge is 2.22. The molecule has 132 valence electrons. The summed E-state index contributed by atoms with van der Waals surface area (Å²) in [6, 6.07) is 1.60. The van der Waals surface area contributed by atoms with Gasteiger partial charge < -0.3 is 20.4 Å². The molecule has 0 bridgehead atoms. The van der Waals surface area contributed by atoms with Gasteiger partial charge in [0.05, 0.1) is 37.6 Å². The van der Waals surface area contributed by atoms with Crippen LogP contribution in [-0.2, 0) is 29.2 Å². The second kappa shape index (κ2) is 7.80. The van der Waals surface area contributed by atoms with E-state index in [0.717, 1.165) is 11.4 Å². The zero-order valence-electron chi connectivity index (χ0n) is 14.3. The molecule has 0 aliphatic carbocycles. The molecule has 9 heteroatoms. The largest absolute Gasteiger partial charge is 0.350 e. The van der Waals surface area contributed by atoms with E-state index in [1.165, 1.54) is 4.90 Å². The molecule has 4 amide bonds. The summed E-state index contributed by atoms with van der Waals surface area (Å²) in [6.07, 6.45) is 0.439. The molecule has 0 unspecified atom stereocenters. The lowest BCUT2D eigenvalue weighted by Crippen LogP contribution is -2.45. The molecule has 0 saturated carbocycles. The Labute approximate surface area is 141 Å². The lowest BCUT2D eigenvalue weighted by molar-refractivity contribution is -0.131. The Morgan fingerprint density at radius 1 is 1.25 bits per heavy atom. The zero-order chi connectivity index (χ0) is 17.7. The zero-order valence-corrected chi connectivity index (χ0v) is 14.3. The third-order valence-corrected chi connectivity index (χ3v) is 3.79. The average molecular weight is 336 g/mol. The second-order valence-electron chi connectivity index (χ2n) is 5.85. The average Bonchev–Trinajstić information content (AvgIpc) is 2.98. The van der Waals surface area contributed by atoms with E-state index in [4.69, 9.17) is 0 Å². The molecular weight excluding hydrogens is 312 g/mol. The fourth-order valence-corrected chi connectivity index (χ4v) is 2.36. The van der Waals surface area contributed by atoms with Crippen molar-refractivity contribution in [3.05, 3.63) is 17.5 Å². The van der Waals surface area contributed by atoms with E-state index in [1.807, 2.05) is 10.7 Å². The van der Waals surface area contributed by atoms with Crippen LogP contribution in [0.2, 0.25) is 0 Å². The van der Waals surface area contributed by atoms with Gasteiger partial charge in [-0.1, -0.05) is 6.92 Å². The Balaban J connectivity index is 1.89. The van der Waals surface area contributed by atoms with Gasteiger partial charge in [0.1, 0.15) is 0 Å². The van der Waals surface area contributed by atoms with E-state index in [-0.39, 0.29) is 24.4 Å². The van der Waals surface area contributed by atoms with E-state index in [0.29, 0.717) is 32.6 Å². The Morgan fingerprint density at radius 3 is 2.67 bits per heavy atom. The fraction of sp³-hybridized carbons (Fsp3) is 0.600. The molecule has 1 aromatic heterocycles. The maximum absolute atomic E-state index is 12.2. The number of urea groups is 1. The standard InChI is InChI=1S/C15H24N6O3/c1-4-13(22)16-8-11-7-12-10-20(5-6-21(12)18-11)14(23)9-17-15(24)19(2)3/h7H,4-6,8-10H2,1-3H3,(H,16,22)(H,17,24). The summed E-state index contributed by atoms with van der Waals surface area (Å²) in [4.78, 5) is 38.1. The molecule has 0 aromatic carbocycles. The molecule has 9 nitrogen and oxygen atoms in total. The van der Waals surface area contributed by atoms with Gasteiger partial charge in [0, 0.05) is 27.1 Å². The molecule has 1 aliphatic heterocycles. The summed E-state index contributed by atoms with van der Waals surface area (Å²) in [7, 11) is 3.25. The maximum atomic E-state index is 12.2. The van der Waals surface area contributed by atoms with Crippen molar-refractivity contribution >= 4 is 17.8 Å². The fourth-order valence-electron chi connectivity index (χ4n) is 2.36. The number of hydrogen-bond acceptors (Lipinski definition) is 4. The summed E-state index contributed by atoms with van der Waals surface area (Å²) < 4.78 is 1.86. The highest BCUT2D eigenvalue weighted by Crippen LogP contribution is 2.13. The first-order chi connectivity index (χ1) is 11.4. The summed E-state index contributed by atoms with van der Waals surface area (Å²) >= 11 is 0. The molecule has 2 N–H and O–H groups in total. The first kappa shape index (κ1) is 17.8. The molecule has 0 saturated heterocycles. The molecule has 0 spiro atoms. The molecule has 1 aromatic rings. The summed E-state index contributed by atoms with van der Waals surface area (Å²) in [5, 5.41) is 9.80. The van der Waals surface area contributed by atoms with E-state index in [9.17, 15) is 14.4 Å². The quantitative estimate of drug-likeness (QED) is 0.759. The van der Waals surface area contributed by atoms with Crippen LogP contribution in [-0.4, -0.2) is 64.6 Å². The van der Waals surface area contributed by atoms with E-state index in [1.54, 1.807) is 25.9 Å². The Bertz CT molecular complexity index is 625. The summed E-state index contributed by atoms with van der Waals surface area (Å²) in [5.74, 6) is -0.145. The highest BCUT2D eigenvalue weighted by molar-refractivity contribution is 5.83. The third-order valence-electron chi connectivity index (χ3n) is 3.79. The topological polar surface area (TPSA) is 99.6 Å². The van der Waals surface area contributed by atoms with Crippen molar-refractivity contribution in [3.8, 4) is 0 Å². The van der Waals surface area contributed by atoms with Gasteiger partial charge in [-0.2, -0.15) is 5.10 Å². The van der Waals surface area contributed by atoms with E-state index < -0.39 is 0 Å². The molecule has 24 heavy (non-hydrogen) atoms. The van der Waals surface area contributed by atoms with Crippen molar-refractivity contribution in [2.24, 2.45) is 0 Å². The van der Waals surface area contributed by atoms with Crippen LogP contribution in [0.3, 0.4) is 0 Å². The predicted molar refractivity (Wildman–Crippen MR) is 86.9 cm³/mol. The highest BCUT2D eigenvalue weighted by atomic mass is 16.2. The number of amides is 4. The van der Waals surface area contributed by atoms with Gasteiger partial charge in [0.15, 0.2) is 0 Å². The number of aromatic nitrogens is 2. The van der Waals surface area contributed by atoms with Crippen molar-refractivity contribution in [2.75, 3.05) is 27.2 Å². The molecule has 1 aliphatic rings. The van der Waals surface area contributed by atoms with Crippen LogP contribution in [0.4, 0.5) is 4.79 Å². The number of rotatable bonds is 5. The number of carbonyl (C=O) groups excluding carboxylic acids is 3. The minimum Gasteiger partial charge on any atom is -0.350 e. The van der Waals surface area contributed by atoms with Crippen LogP contribution in [0.5, 0.6) is 0 Å². The first-order valence-electron chi connectivity index (χ1n) is 7.96. The normalized spacial score (nSPS) is 13.2. The van der Waals surface area contributed by atoms with Gasteiger partial charge in [0.2, 0.25) is 11.8 Å². The monoisotopic (exact) mass is 336 g/mol. The van der Waals surface area contributed by atoms with Gasteiger partial charge in [-0.15, -0.1) is 0 Å². The molecule has 2 rings (SSSR count). The smallest absolute Gasteiger partial charge is 0.317 e. The van der Waals surface area contributed by atoms with Gasteiger partial charge in [0.25, 0.3) is 0 Å². The predicted octanol–water partition coefficient (Wildman–Crippen LogP) is -0.477. The summed E-state index contributed by atoms with van der Waals surface area (Å²) in [6.45, 7) is 3.76. The molecule has 2 heterocycles. The molecule has 0 fully saturated rings. The van der Waals surface area contributed by atoms with Crippen molar-refractivity contribution in [2.45, 2.75) is 33.0 Å².